The average Bonchev–Trinajstić information content (AvgIpc) is 2.58. The van der Waals surface area contributed by atoms with Gasteiger partial charge in [0.2, 0.25) is 5.78 Å². The summed E-state index contributed by atoms with van der Waals surface area (Å²) in [6.07, 6.45) is 3.54. The monoisotopic (exact) mass is 361 g/mol. The van der Waals surface area contributed by atoms with Gasteiger partial charge in [0.05, 0.1) is 10.8 Å². The molecule has 1 aromatic carbocycles. The lowest BCUT2D eigenvalue weighted by Gasteiger charge is -2.36. The van der Waals surface area contributed by atoms with E-state index < -0.39 is 10.7 Å². The number of carbonyl (C=O) groups excluding carboxylic acids is 2. The molecule has 0 N–H and O–H groups in total. The van der Waals surface area contributed by atoms with Crippen LogP contribution in [0, 0.1) is 34.3 Å². The first-order valence-corrected chi connectivity index (χ1v) is 9.04. The van der Waals surface area contributed by atoms with Gasteiger partial charge in [0.1, 0.15) is 0 Å². The van der Waals surface area contributed by atoms with Crippen molar-refractivity contribution >= 4 is 17.4 Å². The number of nitro groups is 1. The normalized spacial score (nSPS) is 20.5. The maximum Gasteiger partial charge on any atom is 0.309 e. The second kappa shape index (κ2) is 7.98. The van der Waals surface area contributed by atoms with Crippen LogP contribution in [0.4, 0.5) is 5.69 Å². The molecular formula is C20H27NO5. The Labute approximate surface area is 154 Å². The van der Waals surface area contributed by atoms with Crippen molar-refractivity contribution < 1.29 is 19.2 Å². The Morgan fingerprint density at radius 3 is 2.35 bits per heavy atom. The van der Waals surface area contributed by atoms with Gasteiger partial charge >= 0.3 is 5.97 Å². The van der Waals surface area contributed by atoms with Gasteiger partial charge in [0.15, 0.2) is 6.61 Å². The Morgan fingerprint density at radius 1 is 1.19 bits per heavy atom. The number of esters is 1. The Bertz CT molecular complexity index is 697. The van der Waals surface area contributed by atoms with Crippen molar-refractivity contribution in [2.24, 2.45) is 17.3 Å². The molecule has 0 aliphatic heterocycles. The van der Waals surface area contributed by atoms with Crippen LogP contribution in [0.15, 0.2) is 18.2 Å². The fraction of sp³-hybridized carbons (Fsp3) is 0.600. The van der Waals surface area contributed by atoms with Crippen LogP contribution in [-0.2, 0) is 9.53 Å². The van der Waals surface area contributed by atoms with Crippen molar-refractivity contribution in [1.82, 2.24) is 0 Å². The Hall–Kier alpha value is -2.24. The van der Waals surface area contributed by atoms with E-state index in [0.717, 1.165) is 25.7 Å². The first-order chi connectivity index (χ1) is 12.1. The number of hydrogen-bond acceptors (Lipinski definition) is 5. The van der Waals surface area contributed by atoms with Gasteiger partial charge in [-0.3, -0.25) is 19.7 Å². The van der Waals surface area contributed by atoms with E-state index in [1.54, 1.807) is 6.92 Å². The number of Topliss-reactive ketones (excluding diaryl/α,β-unsaturated/α-hetero) is 1. The van der Waals surface area contributed by atoms with Crippen LogP contribution < -0.4 is 0 Å². The van der Waals surface area contributed by atoms with Gasteiger partial charge < -0.3 is 4.74 Å². The molecule has 0 spiro atoms. The van der Waals surface area contributed by atoms with Crippen molar-refractivity contribution in [3.63, 3.8) is 0 Å². The first-order valence-electron chi connectivity index (χ1n) is 9.04. The smallest absolute Gasteiger partial charge is 0.309 e. The van der Waals surface area contributed by atoms with Crippen molar-refractivity contribution in [1.29, 1.82) is 0 Å². The molecule has 0 aromatic heterocycles. The number of benzene rings is 1. The molecule has 142 valence electrons. The molecular weight excluding hydrogens is 334 g/mol. The Morgan fingerprint density at radius 2 is 1.81 bits per heavy atom. The largest absolute Gasteiger partial charge is 0.457 e. The van der Waals surface area contributed by atoms with Crippen LogP contribution >= 0.6 is 0 Å². The molecule has 26 heavy (non-hydrogen) atoms. The Kier molecular flexibility index (Phi) is 6.16. The molecule has 0 radical (unpaired) electrons. The van der Waals surface area contributed by atoms with Crippen LogP contribution in [0.2, 0.25) is 0 Å². The topological polar surface area (TPSA) is 86.5 Å². The van der Waals surface area contributed by atoms with Gasteiger partial charge in [-0.15, -0.1) is 0 Å². The summed E-state index contributed by atoms with van der Waals surface area (Å²) in [6.45, 7) is 7.89. The second-order valence-electron chi connectivity index (χ2n) is 8.20. The highest BCUT2D eigenvalue weighted by molar-refractivity contribution is 5.98. The van der Waals surface area contributed by atoms with Crippen LogP contribution in [0.5, 0.6) is 0 Å². The molecule has 0 amide bonds. The number of carbonyl (C=O) groups is 2. The van der Waals surface area contributed by atoms with E-state index in [1.807, 2.05) is 0 Å². The van der Waals surface area contributed by atoms with Gasteiger partial charge in [-0.1, -0.05) is 32.9 Å². The van der Waals surface area contributed by atoms with Crippen LogP contribution in [0.1, 0.15) is 62.4 Å². The van der Waals surface area contributed by atoms with E-state index in [1.165, 1.54) is 18.2 Å². The maximum atomic E-state index is 12.2. The van der Waals surface area contributed by atoms with Crippen LogP contribution in [-0.4, -0.2) is 23.3 Å². The lowest BCUT2D eigenvalue weighted by molar-refractivity contribution is -0.385. The zero-order valence-electron chi connectivity index (χ0n) is 15.9. The van der Waals surface area contributed by atoms with Crippen molar-refractivity contribution in [3.8, 4) is 0 Å². The molecule has 6 nitrogen and oxygen atoms in total. The third kappa shape index (κ3) is 4.90. The fourth-order valence-corrected chi connectivity index (χ4v) is 3.51. The molecule has 0 atom stereocenters. The van der Waals surface area contributed by atoms with E-state index in [4.69, 9.17) is 4.74 Å². The highest BCUT2D eigenvalue weighted by atomic mass is 16.6. The number of nitrogens with zero attached hydrogens (tertiary/aromatic N) is 1. The zero-order chi connectivity index (χ0) is 19.5. The predicted molar refractivity (Wildman–Crippen MR) is 98.0 cm³/mol. The first kappa shape index (κ1) is 20.1. The van der Waals surface area contributed by atoms with Gasteiger partial charge in [-0.2, -0.15) is 0 Å². The van der Waals surface area contributed by atoms with Gasteiger partial charge in [-0.25, -0.2) is 0 Å². The van der Waals surface area contributed by atoms with Crippen molar-refractivity contribution in [2.75, 3.05) is 6.61 Å². The van der Waals surface area contributed by atoms with Crippen LogP contribution in [0.3, 0.4) is 0 Å². The molecule has 0 bridgehead atoms. The van der Waals surface area contributed by atoms with Crippen molar-refractivity contribution in [2.45, 2.75) is 53.4 Å². The third-order valence-corrected chi connectivity index (χ3v) is 5.36. The van der Waals surface area contributed by atoms with Gasteiger partial charge in [0, 0.05) is 17.2 Å². The van der Waals surface area contributed by atoms with Crippen LogP contribution in [0.25, 0.3) is 0 Å². The molecule has 0 saturated heterocycles. The lowest BCUT2D eigenvalue weighted by atomic mass is 9.70. The molecule has 1 saturated carbocycles. The van der Waals surface area contributed by atoms with Gasteiger partial charge in [0.25, 0.3) is 5.69 Å². The van der Waals surface area contributed by atoms with E-state index >= 15 is 0 Å². The maximum absolute atomic E-state index is 12.2. The van der Waals surface area contributed by atoms with E-state index in [-0.39, 0.29) is 35.2 Å². The quantitative estimate of drug-likeness (QED) is 0.334. The number of ether oxygens (including phenoxy) is 1. The number of ketones is 1. The van der Waals surface area contributed by atoms with E-state index in [9.17, 15) is 19.7 Å². The number of aryl methyl sites for hydroxylation is 1. The number of nitro benzene ring substituents is 1. The molecule has 0 unspecified atom stereocenters. The molecule has 0 heterocycles. The summed E-state index contributed by atoms with van der Waals surface area (Å²) in [5, 5.41) is 11.0. The molecule has 1 aliphatic rings. The second-order valence-corrected chi connectivity index (χ2v) is 8.20. The van der Waals surface area contributed by atoms with E-state index in [0.29, 0.717) is 11.5 Å². The molecule has 6 heteroatoms. The summed E-state index contributed by atoms with van der Waals surface area (Å²) in [5.41, 5.74) is 0.804. The minimum absolute atomic E-state index is 0.109. The summed E-state index contributed by atoms with van der Waals surface area (Å²) in [6, 6.07) is 4.29. The number of hydrogen-bond donors (Lipinski definition) is 0. The van der Waals surface area contributed by atoms with Gasteiger partial charge in [-0.05, 0) is 43.9 Å². The average molecular weight is 361 g/mol. The third-order valence-electron chi connectivity index (χ3n) is 5.36. The predicted octanol–water partition coefficient (Wildman–Crippen LogP) is 4.48. The SMILES string of the molecule is Cc1ccc(C(=O)COC(=O)C2CCC(C(C)(C)C)CC2)cc1[N+](=O)[O-]. The highest BCUT2D eigenvalue weighted by Crippen LogP contribution is 2.40. The Balaban J connectivity index is 1.89. The zero-order valence-corrected chi connectivity index (χ0v) is 15.9. The molecule has 1 aliphatic carbocycles. The molecule has 1 fully saturated rings. The summed E-state index contributed by atoms with van der Waals surface area (Å²) in [7, 11) is 0. The fourth-order valence-electron chi connectivity index (χ4n) is 3.51. The number of rotatable bonds is 5. The lowest BCUT2D eigenvalue weighted by Crippen LogP contribution is -2.30. The van der Waals surface area contributed by atoms with E-state index in [2.05, 4.69) is 20.8 Å². The minimum atomic E-state index is -0.522. The standard InChI is InChI=1S/C20H27NO5/c1-13-5-6-15(11-17(13)21(24)25)18(22)12-26-19(23)14-7-9-16(10-8-14)20(2,3)4/h5-6,11,14,16H,7-10,12H2,1-4H3. The molecule has 1 aromatic rings. The summed E-state index contributed by atoms with van der Waals surface area (Å²) >= 11 is 0. The minimum Gasteiger partial charge on any atom is -0.457 e. The summed E-state index contributed by atoms with van der Waals surface area (Å²) < 4.78 is 5.19. The highest BCUT2D eigenvalue weighted by Gasteiger charge is 2.33. The van der Waals surface area contributed by atoms with Crippen molar-refractivity contribution in [3.05, 3.63) is 39.4 Å². The molecule has 2 rings (SSSR count). The summed E-state index contributed by atoms with van der Waals surface area (Å²) in [4.78, 5) is 34.9. The summed E-state index contributed by atoms with van der Waals surface area (Å²) in [5.74, 6) is -0.327.